The van der Waals surface area contributed by atoms with Gasteiger partial charge in [-0.05, 0) is 25.7 Å². The highest BCUT2D eigenvalue weighted by atomic mass is 32.1. The van der Waals surface area contributed by atoms with Crippen molar-refractivity contribution in [2.24, 2.45) is 5.92 Å². The van der Waals surface area contributed by atoms with E-state index < -0.39 is 0 Å². The quantitative estimate of drug-likeness (QED) is 0.709. The van der Waals surface area contributed by atoms with Crippen molar-refractivity contribution in [3.05, 3.63) is 5.01 Å². The van der Waals surface area contributed by atoms with Crippen molar-refractivity contribution < 1.29 is 5.11 Å². The Morgan fingerprint density at radius 1 is 1.50 bits per heavy atom. The van der Waals surface area contributed by atoms with E-state index in [1.165, 1.54) is 0 Å². The maximum absolute atomic E-state index is 8.81. The van der Waals surface area contributed by atoms with E-state index in [9.17, 15) is 0 Å². The third-order valence-electron chi connectivity index (χ3n) is 1.99. The number of hydrogen-bond donors (Lipinski definition) is 2. The van der Waals surface area contributed by atoms with E-state index in [-0.39, 0.29) is 6.61 Å². The molecule has 0 saturated carbocycles. The number of nitrogens with one attached hydrogen (secondary N) is 1. The Hall–Kier alpha value is -0.680. The molecule has 0 amide bonds. The van der Waals surface area contributed by atoms with Crippen LogP contribution in [0.2, 0.25) is 0 Å². The smallest absolute Gasteiger partial charge is 0.205 e. The molecule has 1 aromatic heterocycles. The van der Waals surface area contributed by atoms with Crippen molar-refractivity contribution in [2.75, 3.05) is 18.5 Å². The zero-order valence-electron chi connectivity index (χ0n) is 8.66. The fraction of sp³-hybridized carbons (Fsp3) is 0.778. The van der Waals surface area contributed by atoms with Crippen LogP contribution in [-0.2, 0) is 0 Å². The summed E-state index contributed by atoms with van der Waals surface area (Å²) in [6, 6.07) is 0. The second kappa shape index (κ2) is 5.93. The SMILES string of the molecule is Cc1nnc(NCCCC(C)CO)s1. The number of aromatic nitrogens is 2. The van der Waals surface area contributed by atoms with Crippen molar-refractivity contribution in [3.63, 3.8) is 0 Å². The Morgan fingerprint density at radius 3 is 2.86 bits per heavy atom. The zero-order chi connectivity index (χ0) is 10.4. The summed E-state index contributed by atoms with van der Waals surface area (Å²) in [4.78, 5) is 0. The van der Waals surface area contributed by atoms with Crippen LogP contribution in [0.15, 0.2) is 0 Å². The van der Waals surface area contributed by atoms with Crippen LogP contribution in [0.1, 0.15) is 24.8 Å². The minimum absolute atomic E-state index is 0.276. The summed E-state index contributed by atoms with van der Waals surface area (Å²) in [7, 11) is 0. The van der Waals surface area contributed by atoms with E-state index >= 15 is 0 Å². The van der Waals surface area contributed by atoms with Crippen LogP contribution < -0.4 is 5.32 Å². The van der Waals surface area contributed by atoms with Crippen molar-refractivity contribution >= 4 is 16.5 Å². The van der Waals surface area contributed by atoms with Crippen molar-refractivity contribution in [1.29, 1.82) is 0 Å². The molecule has 1 unspecified atom stereocenters. The minimum Gasteiger partial charge on any atom is -0.396 e. The maximum Gasteiger partial charge on any atom is 0.205 e. The van der Waals surface area contributed by atoms with Crippen LogP contribution in [-0.4, -0.2) is 28.5 Å². The largest absolute Gasteiger partial charge is 0.396 e. The average molecular weight is 215 g/mol. The lowest BCUT2D eigenvalue weighted by molar-refractivity contribution is 0.229. The van der Waals surface area contributed by atoms with Crippen LogP contribution >= 0.6 is 11.3 Å². The first-order valence-electron chi connectivity index (χ1n) is 4.87. The first-order valence-corrected chi connectivity index (χ1v) is 5.69. The molecule has 0 bridgehead atoms. The molecule has 0 spiro atoms. The molecule has 0 aliphatic heterocycles. The predicted molar refractivity (Wildman–Crippen MR) is 58.6 cm³/mol. The molecule has 5 heteroatoms. The first kappa shape index (κ1) is 11.4. The lowest BCUT2D eigenvalue weighted by Crippen LogP contribution is -2.06. The lowest BCUT2D eigenvalue weighted by atomic mass is 10.1. The number of aliphatic hydroxyl groups excluding tert-OH is 1. The van der Waals surface area contributed by atoms with Gasteiger partial charge in [0.15, 0.2) is 0 Å². The highest BCUT2D eigenvalue weighted by Gasteiger charge is 2.01. The van der Waals surface area contributed by atoms with Gasteiger partial charge < -0.3 is 10.4 Å². The Kier molecular flexibility index (Phi) is 4.82. The second-order valence-electron chi connectivity index (χ2n) is 3.48. The molecule has 1 aromatic rings. The number of rotatable bonds is 6. The third-order valence-corrected chi connectivity index (χ3v) is 2.78. The number of hydrogen-bond acceptors (Lipinski definition) is 5. The lowest BCUT2D eigenvalue weighted by Gasteiger charge is -2.06. The van der Waals surface area contributed by atoms with Gasteiger partial charge in [-0.1, -0.05) is 18.3 Å². The van der Waals surface area contributed by atoms with Gasteiger partial charge in [0.2, 0.25) is 5.13 Å². The molecule has 1 heterocycles. The molecule has 0 aliphatic rings. The first-order chi connectivity index (χ1) is 6.72. The highest BCUT2D eigenvalue weighted by Crippen LogP contribution is 2.13. The number of aliphatic hydroxyl groups is 1. The summed E-state index contributed by atoms with van der Waals surface area (Å²) in [5.74, 6) is 0.396. The Morgan fingerprint density at radius 2 is 2.29 bits per heavy atom. The van der Waals surface area contributed by atoms with Crippen molar-refractivity contribution in [2.45, 2.75) is 26.7 Å². The molecule has 1 rings (SSSR count). The Labute approximate surface area is 88.4 Å². The summed E-state index contributed by atoms with van der Waals surface area (Å²) >= 11 is 1.57. The van der Waals surface area contributed by atoms with Gasteiger partial charge >= 0.3 is 0 Å². The summed E-state index contributed by atoms with van der Waals surface area (Å²) in [5.41, 5.74) is 0. The van der Waals surface area contributed by atoms with E-state index in [4.69, 9.17) is 5.11 Å². The molecule has 14 heavy (non-hydrogen) atoms. The van der Waals surface area contributed by atoms with Gasteiger partial charge in [-0.2, -0.15) is 0 Å². The summed E-state index contributed by atoms with van der Waals surface area (Å²) in [5, 5.41) is 21.8. The normalized spacial score (nSPS) is 12.8. The van der Waals surface area contributed by atoms with Gasteiger partial charge in [0, 0.05) is 13.2 Å². The van der Waals surface area contributed by atoms with Crippen molar-refractivity contribution in [1.82, 2.24) is 10.2 Å². The molecule has 0 aliphatic carbocycles. The van der Waals surface area contributed by atoms with Gasteiger partial charge in [0.05, 0.1) is 0 Å². The van der Waals surface area contributed by atoms with Gasteiger partial charge in [-0.3, -0.25) is 0 Å². The van der Waals surface area contributed by atoms with E-state index in [0.29, 0.717) is 5.92 Å². The monoisotopic (exact) mass is 215 g/mol. The number of aryl methyl sites for hydroxylation is 1. The van der Waals surface area contributed by atoms with Crippen LogP contribution in [0.3, 0.4) is 0 Å². The van der Waals surface area contributed by atoms with Crippen LogP contribution in [0, 0.1) is 12.8 Å². The second-order valence-corrected chi connectivity index (χ2v) is 4.66. The van der Waals surface area contributed by atoms with E-state index in [1.807, 2.05) is 6.92 Å². The van der Waals surface area contributed by atoms with E-state index in [2.05, 4.69) is 22.4 Å². The van der Waals surface area contributed by atoms with Gasteiger partial charge in [0.1, 0.15) is 5.01 Å². The van der Waals surface area contributed by atoms with Crippen LogP contribution in [0.25, 0.3) is 0 Å². The standard InChI is InChI=1S/C9H17N3OS/c1-7(6-13)4-3-5-10-9-12-11-8(2)14-9/h7,13H,3-6H2,1-2H3,(H,10,12). The third kappa shape index (κ3) is 4.02. The fourth-order valence-corrected chi connectivity index (χ4v) is 1.72. The highest BCUT2D eigenvalue weighted by molar-refractivity contribution is 7.15. The molecular formula is C9H17N3OS. The van der Waals surface area contributed by atoms with E-state index in [0.717, 1.165) is 29.5 Å². The molecule has 0 fully saturated rings. The van der Waals surface area contributed by atoms with Gasteiger partial charge in [-0.25, -0.2) is 0 Å². The molecule has 4 nitrogen and oxygen atoms in total. The Balaban J connectivity index is 2.10. The molecule has 0 aromatic carbocycles. The fourth-order valence-electron chi connectivity index (χ4n) is 1.11. The molecular weight excluding hydrogens is 198 g/mol. The van der Waals surface area contributed by atoms with Gasteiger partial charge in [-0.15, -0.1) is 10.2 Å². The zero-order valence-corrected chi connectivity index (χ0v) is 9.47. The van der Waals surface area contributed by atoms with Gasteiger partial charge in [0.25, 0.3) is 0 Å². The average Bonchev–Trinajstić information content (AvgIpc) is 2.58. The maximum atomic E-state index is 8.81. The summed E-state index contributed by atoms with van der Waals surface area (Å²) < 4.78 is 0. The molecule has 1 atom stereocenters. The molecule has 0 saturated heterocycles. The number of anilines is 1. The van der Waals surface area contributed by atoms with E-state index in [1.54, 1.807) is 11.3 Å². The Bertz CT molecular complexity index is 264. The van der Waals surface area contributed by atoms with Crippen LogP contribution in [0.5, 0.6) is 0 Å². The molecule has 2 N–H and O–H groups in total. The molecule has 0 radical (unpaired) electrons. The predicted octanol–water partition coefficient (Wildman–Crippen LogP) is 1.67. The van der Waals surface area contributed by atoms with Crippen molar-refractivity contribution in [3.8, 4) is 0 Å². The number of nitrogens with zero attached hydrogens (tertiary/aromatic N) is 2. The minimum atomic E-state index is 0.276. The summed E-state index contributed by atoms with van der Waals surface area (Å²) in [6.45, 7) is 5.17. The topological polar surface area (TPSA) is 58.0 Å². The molecule has 80 valence electrons. The van der Waals surface area contributed by atoms with Crippen LogP contribution in [0.4, 0.5) is 5.13 Å². The summed E-state index contributed by atoms with van der Waals surface area (Å²) in [6.07, 6.45) is 2.10.